The maximum Gasteiger partial charge on any atom is 0.245 e. The molecule has 6 nitrogen and oxygen atoms in total. The van der Waals surface area contributed by atoms with E-state index in [4.69, 9.17) is 4.52 Å². The van der Waals surface area contributed by atoms with Crippen molar-refractivity contribution in [3.8, 4) is 11.4 Å². The third kappa shape index (κ3) is 3.56. The van der Waals surface area contributed by atoms with E-state index in [1.807, 2.05) is 31.2 Å². The van der Waals surface area contributed by atoms with Gasteiger partial charge in [0.25, 0.3) is 0 Å². The van der Waals surface area contributed by atoms with Crippen LogP contribution in [-0.4, -0.2) is 29.4 Å². The first kappa shape index (κ1) is 18.3. The number of hydrogen-bond donors (Lipinski definition) is 0. The van der Waals surface area contributed by atoms with Crippen LogP contribution < -0.4 is 0 Å². The number of hydrogen-bond acceptors (Lipinski definition) is 5. The Balaban J connectivity index is 1.64. The van der Waals surface area contributed by atoms with E-state index in [0.717, 1.165) is 22.0 Å². The molecule has 1 unspecified atom stereocenters. The number of aryl methyl sites for hydroxylation is 1. The van der Waals surface area contributed by atoms with Crippen molar-refractivity contribution in [1.29, 1.82) is 0 Å². The molecule has 1 aliphatic heterocycles. The van der Waals surface area contributed by atoms with E-state index in [1.54, 1.807) is 24.3 Å². The molecule has 1 fully saturated rings. The average molecular weight is 448 g/mol. The second-order valence-electron chi connectivity index (χ2n) is 6.55. The van der Waals surface area contributed by atoms with Crippen LogP contribution in [0.25, 0.3) is 11.4 Å². The van der Waals surface area contributed by atoms with Gasteiger partial charge < -0.3 is 4.52 Å². The molecule has 0 amide bonds. The zero-order valence-corrected chi connectivity index (χ0v) is 17.1. The standard InChI is InChI=1S/C19H18BrN3O3S/c1-13-4-6-14(7-5-13)18-21-19(26-22-18)17-3-2-12-23(17)27(24,25)16-10-8-15(20)9-11-16/h4-11,17H,2-3,12H2,1H3. The highest BCUT2D eigenvalue weighted by Gasteiger charge is 2.39. The molecule has 8 heteroatoms. The molecule has 3 aromatic rings. The molecule has 2 aromatic carbocycles. The molecule has 4 rings (SSSR count). The lowest BCUT2D eigenvalue weighted by atomic mass is 10.1. The van der Waals surface area contributed by atoms with Gasteiger partial charge >= 0.3 is 0 Å². The normalized spacial score (nSPS) is 18.1. The summed E-state index contributed by atoms with van der Waals surface area (Å²) in [5, 5.41) is 4.05. The number of benzene rings is 2. The van der Waals surface area contributed by atoms with E-state index in [0.29, 0.717) is 24.7 Å². The smallest absolute Gasteiger partial charge is 0.245 e. The fourth-order valence-electron chi connectivity index (χ4n) is 3.21. The lowest BCUT2D eigenvalue weighted by molar-refractivity contribution is 0.290. The van der Waals surface area contributed by atoms with Crippen LogP contribution in [0.2, 0.25) is 0 Å². The molecule has 0 aliphatic carbocycles. The van der Waals surface area contributed by atoms with Gasteiger partial charge in [0.1, 0.15) is 6.04 Å². The first-order valence-corrected chi connectivity index (χ1v) is 10.9. The molecule has 0 radical (unpaired) electrons. The van der Waals surface area contributed by atoms with Crippen molar-refractivity contribution >= 4 is 26.0 Å². The molecule has 1 saturated heterocycles. The maximum atomic E-state index is 13.1. The third-order valence-electron chi connectivity index (χ3n) is 4.66. The van der Waals surface area contributed by atoms with Gasteiger partial charge in [-0.2, -0.15) is 9.29 Å². The van der Waals surface area contributed by atoms with Gasteiger partial charge in [-0.3, -0.25) is 0 Å². The summed E-state index contributed by atoms with van der Waals surface area (Å²) in [4.78, 5) is 4.73. The van der Waals surface area contributed by atoms with Crippen molar-refractivity contribution in [1.82, 2.24) is 14.4 Å². The Kier molecular flexibility index (Phi) is 4.88. The van der Waals surface area contributed by atoms with Crippen LogP contribution in [0.4, 0.5) is 0 Å². The zero-order chi connectivity index (χ0) is 19.0. The van der Waals surface area contributed by atoms with E-state index in [1.165, 1.54) is 4.31 Å². The monoisotopic (exact) mass is 447 g/mol. The largest absolute Gasteiger partial charge is 0.337 e. The van der Waals surface area contributed by atoms with E-state index < -0.39 is 16.1 Å². The second kappa shape index (κ2) is 7.18. The maximum absolute atomic E-state index is 13.1. The number of nitrogens with zero attached hydrogens (tertiary/aromatic N) is 3. The number of halogens is 1. The minimum absolute atomic E-state index is 0.260. The quantitative estimate of drug-likeness (QED) is 0.594. The van der Waals surface area contributed by atoms with Crippen LogP contribution in [0.15, 0.2) is 62.4 Å². The first-order valence-electron chi connectivity index (χ1n) is 8.63. The molecule has 1 aromatic heterocycles. The van der Waals surface area contributed by atoms with Crippen molar-refractivity contribution in [2.75, 3.05) is 6.54 Å². The Morgan fingerprint density at radius 1 is 1.11 bits per heavy atom. The van der Waals surface area contributed by atoms with E-state index in [-0.39, 0.29) is 4.90 Å². The van der Waals surface area contributed by atoms with Crippen LogP contribution in [0.5, 0.6) is 0 Å². The topological polar surface area (TPSA) is 76.3 Å². The van der Waals surface area contributed by atoms with Crippen molar-refractivity contribution in [2.45, 2.75) is 30.7 Å². The average Bonchev–Trinajstić information content (AvgIpc) is 3.32. The molecule has 1 aliphatic rings. The highest BCUT2D eigenvalue weighted by atomic mass is 79.9. The molecule has 1 atom stereocenters. The molecule has 2 heterocycles. The summed E-state index contributed by atoms with van der Waals surface area (Å²) in [7, 11) is -3.63. The lowest BCUT2D eigenvalue weighted by Gasteiger charge is -2.21. The highest BCUT2D eigenvalue weighted by molar-refractivity contribution is 9.10. The predicted octanol–water partition coefficient (Wildman–Crippen LogP) is 4.33. The molecule has 27 heavy (non-hydrogen) atoms. The Morgan fingerprint density at radius 3 is 2.52 bits per heavy atom. The summed E-state index contributed by atoms with van der Waals surface area (Å²) in [6.45, 7) is 2.44. The number of sulfonamides is 1. The summed E-state index contributed by atoms with van der Waals surface area (Å²) in [6, 6.07) is 14.0. The fourth-order valence-corrected chi connectivity index (χ4v) is 5.12. The van der Waals surface area contributed by atoms with Gasteiger partial charge in [-0.1, -0.05) is 50.9 Å². The van der Waals surface area contributed by atoms with Crippen molar-refractivity contribution in [3.63, 3.8) is 0 Å². The SMILES string of the molecule is Cc1ccc(-c2noc(C3CCCN3S(=O)(=O)c3ccc(Br)cc3)n2)cc1. The summed E-state index contributed by atoms with van der Waals surface area (Å²) in [5.74, 6) is 0.807. The molecular weight excluding hydrogens is 430 g/mol. The minimum atomic E-state index is -3.63. The molecule has 140 valence electrons. The molecule has 0 N–H and O–H groups in total. The Bertz CT molecular complexity index is 1050. The van der Waals surface area contributed by atoms with Crippen LogP contribution in [0.1, 0.15) is 30.3 Å². The Hall–Kier alpha value is -2.03. The van der Waals surface area contributed by atoms with E-state index in [2.05, 4.69) is 26.1 Å². The summed E-state index contributed by atoms with van der Waals surface area (Å²) >= 11 is 3.33. The van der Waals surface area contributed by atoms with Gasteiger partial charge in [-0.05, 0) is 44.0 Å². The molecular formula is C19H18BrN3O3S. The van der Waals surface area contributed by atoms with Gasteiger partial charge in [0, 0.05) is 16.6 Å². The summed E-state index contributed by atoms with van der Waals surface area (Å²) in [6.07, 6.45) is 1.41. The lowest BCUT2D eigenvalue weighted by Crippen LogP contribution is -2.30. The number of rotatable bonds is 4. The number of aromatic nitrogens is 2. The van der Waals surface area contributed by atoms with Crippen molar-refractivity contribution in [2.24, 2.45) is 0 Å². The predicted molar refractivity (Wildman–Crippen MR) is 104 cm³/mol. The van der Waals surface area contributed by atoms with E-state index >= 15 is 0 Å². The van der Waals surface area contributed by atoms with Crippen LogP contribution in [0, 0.1) is 6.92 Å². The Labute approximate surface area is 166 Å². The highest BCUT2D eigenvalue weighted by Crippen LogP contribution is 2.36. The first-order chi connectivity index (χ1) is 12.9. The van der Waals surface area contributed by atoms with Gasteiger partial charge in [0.05, 0.1) is 4.90 Å². The molecule has 0 saturated carbocycles. The second-order valence-corrected chi connectivity index (χ2v) is 9.36. The fraction of sp³-hybridized carbons (Fsp3) is 0.263. The van der Waals surface area contributed by atoms with Gasteiger partial charge in [0.15, 0.2) is 0 Å². The summed E-state index contributed by atoms with van der Waals surface area (Å²) < 4.78 is 33.9. The van der Waals surface area contributed by atoms with Gasteiger partial charge in [-0.25, -0.2) is 8.42 Å². The van der Waals surface area contributed by atoms with Gasteiger partial charge in [-0.15, -0.1) is 0 Å². The summed E-state index contributed by atoms with van der Waals surface area (Å²) in [5.41, 5.74) is 1.99. The Morgan fingerprint density at radius 2 is 1.81 bits per heavy atom. The van der Waals surface area contributed by atoms with Crippen LogP contribution >= 0.6 is 15.9 Å². The minimum Gasteiger partial charge on any atom is -0.337 e. The van der Waals surface area contributed by atoms with Crippen molar-refractivity contribution in [3.05, 3.63) is 64.5 Å². The van der Waals surface area contributed by atoms with Crippen LogP contribution in [0.3, 0.4) is 0 Å². The molecule has 0 spiro atoms. The van der Waals surface area contributed by atoms with Crippen LogP contribution in [-0.2, 0) is 10.0 Å². The van der Waals surface area contributed by atoms with E-state index in [9.17, 15) is 8.42 Å². The van der Waals surface area contributed by atoms with Gasteiger partial charge in [0.2, 0.25) is 21.7 Å². The molecule has 0 bridgehead atoms. The van der Waals surface area contributed by atoms with Crippen molar-refractivity contribution < 1.29 is 12.9 Å². The zero-order valence-electron chi connectivity index (χ0n) is 14.7. The third-order valence-corrected chi connectivity index (χ3v) is 7.11.